The maximum Gasteiger partial charge on any atom is 0.281 e. The molecule has 2 fully saturated rings. The Labute approximate surface area is 101 Å². The second kappa shape index (κ2) is 3.59. The summed E-state index contributed by atoms with van der Waals surface area (Å²) in [4.78, 5) is 45.3. The van der Waals surface area contributed by atoms with Gasteiger partial charge in [-0.1, -0.05) is 0 Å². The third-order valence-electron chi connectivity index (χ3n) is 3.05. The zero-order valence-corrected chi connectivity index (χ0v) is 9.61. The highest BCUT2D eigenvalue weighted by molar-refractivity contribution is 7.88. The first-order valence-corrected chi connectivity index (χ1v) is 6.27. The third kappa shape index (κ3) is 1.53. The Hall–Kier alpha value is -1.81. The van der Waals surface area contributed by atoms with Gasteiger partial charge in [0.2, 0.25) is 17.7 Å². The molecule has 3 N–H and O–H groups in total. The molecule has 0 bridgehead atoms. The summed E-state index contributed by atoms with van der Waals surface area (Å²) in [6, 6.07) is 0. The average Bonchev–Trinajstić information content (AvgIpc) is 2.66. The summed E-state index contributed by atoms with van der Waals surface area (Å²) in [5, 5.41) is 3.55. The number of hydrogen-bond acceptors (Lipinski definition) is 6. The summed E-state index contributed by atoms with van der Waals surface area (Å²) in [6.45, 7) is 0. The first-order valence-electron chi connectivity index (χ1n) is 4.83. The first-order chi connectivity index (χ1) is 8.18. The van der Waals surface area contributed by atoms with Gasteiger partial charge in [-0.3, -0.25) is 34.4 Å². The number of nitrogens with one attached hydrogen (secondary N) is 2. The monoisotopic (exact) mass is 276 g/mol. The van der Waals surface area contributed by atoms with Gasteiger partial charge < -0.3 is 0 Å². The van der Waals surface area contributed by atoms with E-state index >= 15 is 0 Å². The first kappa shape index (κ1) is 12.6. The molecule has 2 heterocycles. The lowest BCUT2D eigenvalue weighted by Crippen LogP contribution is -2.53. The van der Waals surface area contributed by atoms with Crippen molar-refractivity contribution in [1.29, 1.82) is 0 Å². The van der Waals surface area contributed by atoms with E-state index in [0.717, 1.165) is 0 Å². The number of rotatable bonds is 2. The molecule has 2 aliphatic heterocycles. The van der Waals surface area contributed by atoms with Crippen LogP contribution in [0.5, 0.6) is 0 Å². The fourth-order valence-electron chi connectivity index (χ4n) is 2.20. The number of hydrogen-bond donors (Lipinski definition) is 3. The number of carbonyl (C=O) groups excluding carboxylic acids is 4. The summed E-state index contributed by atoms with van der Waals surface area (Å²) < 4.78 is 29.4. The molecule has 4 amide bonds. The topological polar surface area (TPSA) is 147 Å². The van der Waals surface area contributed by atoms with Crippen molar-refractivity contribution in [3.63, 3.8) is 0 Å². The summed E-state index contributed by atoms with van der Waals surface area (Å²) in [7, 11) is -5.03. The van der Waals surface area contributed by atoms with E-state index in [1.165, 1.54) is 0 Å². The van der Waals surface area contributed by atoms with Crippen LogP contribution in [0.15, 0.2) is 0 Å². The van der Waals surface area contributed by atoms with Crippen LogP contribution in [0.4, 0.5) is 0 Å². The van der Waals surface area contributed by atoms with Gasteiger partial charge in [-0.15, -0.1) is 0 Å². The van der Waals surface area contributed by atoms with Crippen molar-refractivity contribution in [2.75, 3.05) is 0 Å². The molecule has 98 valence electrons. The Morgan fingerprint density at radius 1 is 1.11 bits per heavy atom. The van der Waals surface area contributed by atoms with Gasteiger partial charge >= 0.3 is 0 Å². The van der Waals surface area contributed by atoms with E-state index in [1.807, 2.05) is 5.32 Å². The summed E-state index contributed by atoms with van der Waals surface area (Å²) >= 11 is 0. The van der Waals surface area contributed by atoms with Gasteiger partial charge in [-0.05, 0) is 0 Å². The van der Waals surface area contributed by atoms with Crippen LogP contribution in [-0.2, 0) is 29.3 Å². The fraction of sp³-hybridized carbons (Fsp3) is 0.500. The third-order valence-corrected chi connectivity index (χ3v) is 4.59. The van der Waals surface area contributed by atoms with Crippen LogP contribution in [-0.4, -0.2) is 41.3 Å². The molecule has 2 saturated heterocycles. The molecule has 0 saturated carbocycles. The number of carbonyl (C=O) groups is 4. The van der Waals surface area contributed by atoms with Crippen LogP contribution in [0.1, 0.15) is 12.8 Å². The summed E-state index contributed by atoms with van der Waals surface area (Å²) in [5.74, 6) is -5.58. The molecule has 0 spiro atoms. The van der Waals surface area contributed by atoms with Crippen LogP contribution in [0, 0.1) is 5.92 Å². The second-order valence-electron chi connectivity index (χ2n) is 4.09. The highest BCUT2D eigenvalue weighted by Gasteiger charge is 2.65. The lowest BCUT2D eigenvalue weighted by molar-refractivity contribution is -0.130. The molecule has 0 aliphatic carbocycles. The SMILES string of the molecule is O=C1CC(C2(S(=O)(=O)O)CC(=O)NC2=O)C(=O)N1. The smallest absolute Gasteiger partial charge is 0.281 e. The van der Waals surface area contributed by atoms with E-state index in [9.17, 15) is 32.1 Å². The quantitative estimate of drug-likeness (QED) is 0.368. The molecule has 0 aromatic carbocycles. The van der Waals surface area contributed by atoms with Crippen molar-refractivity contribution in [1.82, 2.24) is 10.6 Å². The van der Waals surface area contributed by atoms with Crippen molar-refractivity contribution in [3.8, 4) is 0 Å². The molecule has 9 nitrogen and oxygen atoms in total. The Morgan fingerprint density at radius 2 is 1.72 bits per heavy atom. The van der Waals surface area contributed by atoms with Crippen LogP contribution in [0.2, 0.25) is 0 Å². The summed E-state index contributed by atoms with van der Waals surface area (Å²) in [6.07, 6.45) is -1.45. The lowest BCUT2D eigenvalue weighted by atomic mass is 9.88. The fourth-order valence-corrected chi connectivity index (χ4v) is 3.34. The van der Waals surface area contributed by atoms with Crippen LogP contribution in [0.3, 0.4) is 0 Å². The Kier molecular flexibility index (Phi) is 2.52. The molecule has 2 unspecified atom stereocenters. The average molecular weight is 276 g/mol. The van der Waals surface area contributed by atoms with Crippen LogP contribution < -0.4 is 10.6 Å². The van der Waals surface area contributed by atoms with Gasteiger partial charge in [-0.25, -0.2) is 0 Å². The standard InChI is InChI=1S/C8H8N2O7S/c11-4-1-3(6(13)9-4)8(18(15,16)17)2-5(12)10-7(8)14/h3H,1-2H2,(H,9,11,13)(H,10,12,14)(H,15,16,17). The number of imide groups is 2. The summed E-state index contributed by atoms with van der Waals surface area (Å²) in [5.41, 5.74) is 0. The minimum Gasteiger partial charge on any atom is -0.296 e. The van der Waals surface area contributed by atoms with Crippen LogP contribution in [0.25, 0.3) is 0 Å². The minimum absolute atomic E-state index is 0.570. The van der Waals surface area contributed by atoms with E-state index in [1.54, 1.807) is 5.32 Å². The van der Waals surface area contributed by atoms with E-state index in [0.29, 0.717) is 0 Å². The van der Waals surface area contributed by atoms with E-state index in [4.69, 9.17) is 0 Å². The molecule has 2 atom stereocenters. The molecule has 10 heteroatoms. The predicted molar refractivity (Wildman–Crippen MR) is 53.3 cm³/mol. The Morgan fingerprint density at radius 3 is 2.06 bits per heavy atom. The maximum atomic E-state index is 11.6. The molecule has 2 rings (SSSR count). The highest BCUT2D eigenvalue weighted by Crippen LogP contribution is 2.38. The molecule has 0 aromatic heterocycles. The minimum atomic E-state index is -5.03. The van der Waals surface area contributed by atoms with E-state index in [-0.39, 0.29) is 0 Å². The molecule has 18 heavy (non-hydrogen) atoms. The Bertz CT molecular complexity index is 580. The van der Waals surface area contributed by atoms with Crippen molar-refractivity contribution in [2.45, 2.75) is 17.6 Å². The number of amides is 4. The van der Waals surface area contributed by atoms with Crippen molar-refractivity contribution < 1.29 is 32.1 Å². The van der Waals surface area contributed by atoms with Crippen LogP contribution >= 0.6 is 0 Å². The zero-order chi connectivity index (χ0) is 13.7. The molecular weight excluding hydrogens is 268 g/mol. The van der Waals surface area contributed by atoms with Gasteiger partial charge in [0.25, 0.3) is 16.0 Å². The maximum absolute atomic E-state index is 11.6. The van der Waals surface area contributed by atoms with Gasteiger partial charge in [0.05, 0.1) is 12.3 Å². The predicted octanol–water partition coefficient (Wildman–Crippen LogP) is -2.68. The zero-order valence-electron chi connectivity index (χ0n) is 8.80. The molecule has 2 aliphatic rings. The second-order valence-corrected chi connectivity index (χ2v) is 5.77. The van der Waals surface area contributed by atoms with E-state index in [2.05, 4.69) is 0 Å². The molecule has 0 aromatic rings. The van der Waals surface area contributed by atoms with Crippen molar-refractivity contribution >= 4 is 33.7 Å². The molecular formula is C8H8N2O7S. The van der Waals surface area contributed by atoms with Gasteiger partial charge in [-0.2, -0.15) is 8.42 Å². The van der Waals surface area contributed by atoms with Crippen molar-refractivity contribution in [3.05, 3.63) is 0 Å². The molecule has 0 radical (unpaired) electrons. The van der Waals surface area contributed by atoms with Gasteiger partial charge in [0, 0.05) is 6.42 Å². The lowest BCUT2D eigenvalue weighted by Gasteiger charge is -2.25. The van der Waals surface area contributed by atoms with Gasteiger partial charge in [0.1, 0.15) is 0 Å². The van der Waals surface area contributed by atoms with Gasteiger partial charge in [0.15, 0.2) is 4.75 Å². The van der Waals surface area contributed by atoms with E-state index < -0.39 is 57.3 Å². The largest absolute Gasteiger partial charge is 0.296 e. The van der Waals surface area contributed by atoms with Crippen molar-refractivity contribution in [2.24, 2.45) is 5.92 Å². The Balaban J connectivity index is 2.58. The highest BCUT2D eigenvalue weighted by atomic mass is 32.2. The normalized spacial score (nSPS) is 32.6.